The molecule has 2 nitrogen and oxygen atoms in total. The van der Waals surface area contributed by atoms with Gasteiger partial charge in [0.25, 0.3) is 0 Å². The molecule has 0 radical (unpaired) electrons. The highest BCUT2D eigenvalue weighted by molar-refractivity contribution is 7.26. The Labute approximate surface area is 272 Å². The summed E-state index contributed by atoms with van der Waals surface area (Å²) in [7, 11) is 0. The SMILES string of the molecule is c1ccc2c(c1)oc1c(-c3c4ccccc4c(-c4cccc5c4oc4ccc6sc7ccccc7c6c45)c4ccccc34)cccc12. The third kappa shape index (κ3) is 3.39. The van der Waals surface area contributed by atoms with Gasteiger partial charge in [-0.15, -0.1) is 11.3 Å². The van der Waals surface area contributed by atoms with Crippen LogP contribution < -0.4 is 0 Å². The third-order valence-corrected chi connectivity index (χ3v) is 11.0. The lowest BCUT2D eigenvalue weighted by atomic mass is 9.85. The second kappa shape index (κ2) is 9.32. The first-order chi connectivity index (χ1) is 23.3. The van der Waals surface area contributed by atoms with Crippen LogP contribution in [0.25, 0.3) is 108 Å². The molecule has 0 atom stereocenters. The van der Waals surface area contributed by atoms with Crippen molar-refractivity contribution in [2.75, 3.05) is 0 Å². The molecule has 3 heteroatoms. The second-order valence-corrected chi connectivity index (χ2v) is 13.4. The topological polar surface area (TPSA) is 26.3 Å². The fraction of sp³-hybridized carbons (Fsp3) is 0. The van der Waals surface area contributed by atoms with Crippen LogP contribution >= 0.6 is 11.3 Å². The van der Waals surface area contributed by atoms with Crippen molar-refractivity contribution in [3.8, 4) is 22.3 Å². The molecule has 8 aromatic carbocycles. The molecule has 0 bridgehead atoms. The molecule has 0 saturated heterocycles. The van der Waals surface area contributed by atoms with Crippen molar-refractivity contribution in [3.63, 3.8) is 0 Å². The van der Waals surface area contributed by atoms with Gasteiger partial charge in [-0.2, -0.15) is 0 Å². The molecule has 3 heterocycles. The van der Waals surface area contributed by atoms with Gasteiger partial charge in [0, 0.05) is 64.0 Å². The first-order valence-electron chi connectivity index (χ1n) is 15.9. The van der Waals surface area contributed by atoms with Gasteiger partial charge < -0.3 is 8.83 Å². The van der Waals surface area contributed by atoms with Crippen LogP contribution in [0.3, 0.4) is 0 Å². The number of thiophene rings is 1. The fourth-order valence-corrected chi connectivity index (χ4v) is 9.07. The summed E-state index contributed by atoms with van der Waals surface area (Å²) >= 11 is 1.84. The summed E-state index contributed by atoms with van der Waals surface area (Å²) in [5, 5.41) is 11.9. The highest BCUT2D eigenvalue weighted by Crippen LogP contribution is 2.49. The third-order valence-electron chi connectivity index (χ3n) is 9.88. The smallest absolute Gasteiger partial charge is 0.143 e. The highest BCUT2D eigenvalue weighted by atomic mass is 32.1. The lowest BCUT2D eigenvalue weighted by Crippen LogP contribution is -1.91. The van der Waals surface area contributed by atoms with Gasteiger partial charge in [-0.05, 0) is 45.8 Å². The minimum atomic E-state index is 0.907. The van der Waals surface area contributed by atoms with E-state index in [-0.39, 0.29) is 0 Å². The summed E-state index contributed by atoms with van der Waals surface area (Å²) in [6.45, 7) is 0. The molecule has 0 spiro atoms. The minimum absolute atomic E-state index is 0.907. The molecule has 11 rings (SSSR count). The molecule has 218 valence electrons. The lowest BCUT2D eigenvalue weighted by Gasteiger charge is -2.18. The molecular weight excluding hydrogens is 593 g/mol. The van der Waals surface area contributed by atoms with Gasteiger partial charge in [-0.3, -0.25) is 0 Å². The first kappa shape index (κ1) is 25.3. The Hall–Kier alpha value is -5.90. The number of hydrogen-bond acceptors (Lipinski definition) is 3. The summed E-state index contributed by atoms with van der Waals surface area (Å²) < 4.78 is 16.0. The van der Waals surface area contributed by atoms with Gasteiger partial charge in [0.05, 0.1) is 0 Å². The molecule has 0 fully saturated rings. The maximum atomic E-state index is 6.86. The van der Waals surface area contributed by atoms with Gasteiger partial charge in [-0.25, -0.2) is 0 Å². The zero-order chi connectivity index (χ0) is 30.6. The Morgan fingerprint density at radius 2 is 0.830 bits per heavy atom. The van der Waals surface area contributed by atoms with Crippen LogP contribution in [0.1, 0.15) is 0 Å². The van der Waals surface area contributed by atoms with Crippen molar-refractivity contribution >= 4 is 96.9 Å². The van der Waals surface area contributed by atoms with Crippen LogP contribution in [0.5, 0.6) is 0 Å². The Morgan fingerprint density at radius 1 is 0.319 bits per heavy atom. The Morgan fingerprint density at radius 3 is 1.51 bits per heavy atom. The molecule has 0 saturated carbocycles. The van der Waals surface area contributed by atoms with Crippen LogP contribution in [0.4, 0.5) is 0 Å². The van der Waals surface area contributed by atoms with E-state index in [1.54, 1.807) is 0 Å². The lowest BCUT2D eigenvalue weighted by molar-refractivity contribution is 0.670. The van der Waals surface area contributed by atoms with E-state index >= 15 is 0 Å². The Balaban J connectivity index is 1.28. The molecule has 0 unspecified atom stereocenters. The zero-order valence-corrected chi connectivity index (χ0v) is 25.9. The van der Waals surface area contributed by atoms with E-state index in [1.165, 1.54) is 58.2 Å². The van der Waals surface area contributed by atoms with Gasteiger partial charge >= 0.3 is 0 Å². The Bertz CT molecular complexity index is 3020. The molecule has 11 aromatic rings. The van der Waals surface area contributed by atoms with Crippen molar-refractivity contribution in [1.82, 2.24) is 0 Å². The largest absolute Gasteiger partial charge is 0.455 e. The number of para-hydroxylation sites is 3. The summed E-state index contributed by atoms with van der Waals surface area (Å²) in [6.07, 6.45) is 0. The quantitative estimate of drug-likeness (QED) is 0.181. The van der Waals surface area contributed by atoms with Crippen LogP contribution in [-0.2, 0) is 0 Å². The molecule has 0 amide bonds. The fourth-order valence-electron chi connectivity index (χ4n) is 7.95. The molecule has 3 aromatic heterocycles. The number of hydrogen-bond donors (Lipinski definition) is 0. The molecule has 0 aliphatic rings. The van der Waals surface area contributed by atoms with Crippen molar-refractivity contribution in [1.29, 1.82) is 0 Å². The minimum Gasteiger partial charge on any atom is -0.455 e. The van der Waals surface area contributed by atoms with Crippen molar-refractivity contribution < 1.29 is 8.83 Å². The van der Waals surface area contributed by atoms with Gasteiger partial charge in [0.15, 0.2) is 0 Å². The van der Waals surface area contributed by atoms with E-state index in [0.717, 1.165) is 49.6 Å². The maximum Gasteiger partial charge on any atom is 0.143 e. The van der Waals surface area contributed by atoms with Crippen LogP contribution in [0, 0.1) is 0 Å². The summed E-state index contributed by atoms with van der Waals surface area (Å²) in [5.74, 6) is 0. The second-order valence-electron chi connectivity index (χ2n) is 12.3. The standard InChI is InChI=1S/C44H24O2S/c1-3-14-28-26(12-1)39(32-18-9-17-30-25-11-5-7-21-35(25)45-43(30)32)27-13-2-4-15-29(27)40(28)33-19-10-20-34-41-36(46-44(33)34)23-24-38-42(41)31-16-6-8-22-37(31)47-38/h1-24H. The van der Waals surface area contributed by atoms with Crippen LogP contribution in [-0.4, -0.2) is 0 Å². The van der Waals surface area contributed by atoms with E-state index in [0.29, 0.717) is 0 Å². The van der Waals surface area contributed by atoms with E-state index in [9.17, 15) is 0 Å². The first-order valence-corrected chi connectivity index (χ1v) is 16.7. The molecule has 0 aliphatic heterocycles. The van der Waals surface area contributed by atoms with E-state index in [1.807, 2.05) is 17.4 Å². The molecule has 0 N–H and O–H groups in total. The van der Waals surface area contributed by atoms with Crippen molar-refractivity contribution in [2.24, 2.45) is 0 Å². The number of benzene rings is 8. The monoisotopic (exact) mass is 616 g/mol. The summed E-state index contributed by atoms with van der Waals surface area (Å²) in [4.78, 5) is 0. The van der Waals surface area contributed by atoms with E-state index in [4.69, 9.17) is 8.83 Å². The number of fused-ring (bicyclic) bond motifs is 12. The van der Waals surface area contributed by atoms with Crippen molar-refractivity contribution in [2.45, 2.75) is 0 Å². The van der Waals surface area contributed by atoms with Gasteiger partial charge in [0.1, 0.15) is 22.3 Å². The normalized spacial score (nSPS) is 12.3. The summed E-state index contributed by atoms with van der Waals surface area (Å²) in [6, 6.07) is 52.1. The predicted molar refractivity (Wildman–Crippen MR) is 200 cm³/mol. The number of furan rings is 2. The number of rotatable bonds is 2. The van der Waals surface area contributed by atoms with Gasteiger partial charge in [-0.1, -0.05) is 121 Å². The van der Waals surface area contributed by atoms with E-state index in [2.05, 4.69) is 140 Å². The zero-order valence-electron chi connectivity index (χ0n) is 25.1. The van der Waals surface area contributed by atoms with Crippen LogP contribution in [0.15, 0.2) is 154 Å². The average Bonchev–Trinajstić information content (AvgIpc) is 3.82. The molecule has 47 heavy (non-hydrogen) atoms. The highest BCUT2D eigenvalue weighted by Gasteiger charge is 2.23. The van der Waals surface area contributed by atoms with E-state index < -0.39 is 0 Å². The van der Waals surface area contributed by atoms with Crippen molar-refractivity contribution in [3.05, 3.63) is 146 Å². The van der Waals surface area contributed by atoms with Gasteiger partial charge in [0.2, 0.25) is 0 Å². The predicted octanol–water partition coefficient (Wildman–Crippen LogP) is 13.5. The Kier molecular flexibility index (Phi) is 5.02. The van der Waals surface area contributed by atoms with Crippen LogP contribution in [0.2, 0.25) is 0 Å². The maximum absolute atomic E-state index is 6.86. The summed E-state index contributed by atoms with van der Waals surface area (Å²) in [5.41, 5.74) is 8.25. The molecule has 0 aliphatic carbocycles. The average molecular weight is 617 g/mol. The molecular formula is C44H24O2S.